The Bertz CT molecular complexity index is 828. The average Bonchev–Trinajstić information content (AvgIpc) is 3.05. The van der Waals surface area contributed by atoms with Crippen LogP contribution in [-0.4, -0.2) is 41.0 Å². The Labute approximate surface area is 144 Å². The monoisotopic (exact) mass is 345 g/mol. The molecule has 2 heterocycles. The highest BCUT2D eigenvalue weighted by Gasteiger charge is 2.22. The summed E-state index contributed by atoms with van der Waals surface area (Å²) < 4.78 is 12.3. The first kappa shape index (κ1) is 16.8. The molecule has 0 fully saturated rings. The van der Waals surface area contributed by atoms with Gasteiger partial charge in [0.15, 0.2) is 11.5 Å². The molecule has 1 aliphatic rings. The van der Waals surface area contributed by atoms with Crippen molar-refractivity contribution in [1.82, 2.24) is 9.78 Å². The number of hydrogen-bond acceptors (Lipinski definition) is 5. The first-order chi connectivity index (χ1) is 12.0. The van der Waals surface area contributed by atoms with Crippen molar-refractivity contribution in [3.05, 3.63) is 35.2 Å². The Morgan fingerprint density at radius 2 is 2.04 bits per heavy atom. The van der Waals surface area contributed by atoms with Gasteiger partial charge in [0.05, 0.1) is 42.9 Å². The van der Waals surface area contributed by atoms with E-state index in [-0.39, 0.29) is 28.7 Å². The minimum atomic E-state index is -1.13. The molecule has 1 aromatic carbocycles. The fraction of sp³-hybridized carbons (Fsp3) is 0.353. The van der Waals surface area contributed by atoms with Crippen molar-refractivity contribution in [2.45, 2.75) is 25.8 Å². The van der Waals surface area contributed by atoms with Crippen LogP contribution in [0.3, 0.4) is 0 Å². The number of aromatic carboxylic acids is 1. The number of carboxylic acids is 1. The lowest BCUT2D eigenvalue weighted by Gasteiger charge is -2.16. The number of carbonyl (C=O) groups excluding carboxylic acids is 1. The van der Waals surface area contributed by atoms with Gasteiger partial charge in [-0.05, 0) is 31.4 Å². The normalized spacial score (nSPS) is 13.0. The molecular weight excluding hydrogens is 326 g/mol. The molecule has 0 bridgehead atoms. The Hall–Kier alpha value is -3.03. The molecule has 1 aliphatic heterocycles. The summed E-state index contributed by atoms with van der Waals surface area (Å²) in [5.74, 6) is -0.984. The maximum Gasteiger partial charge on any atom is 0.335 e. The number of methoxy groups -OCH3 is 2. The number of hydrogen-bond donors (Lipinski definition) is 2. The zero-order chi connectivity index (χ0) is 18.0. The van der Waals surface area contributed by atoms with Gasteiger partial charge in [-0.3, -0.25) is 9.48 Å². The molecule has 0 radical (unpaired) electrons. The number of ether oxygens (including phenoxy) is 2. The zero-order valence-corrected chi connectivity index (χ0v) is 14.0. The molecule has 0 saturated carbocycles. The molecule has 0 spiro atoms. The summed E-state index contributed by atoms with van der Waals surface area (Å²) in [5, 5.41) is 16.2. The van der Waals surface area contributed by atoms with E-state index in [0.29, 0.717) is 5.56 Å². The van der Waals surface area contributed by atoms with E-state index in [1.165, 1.54) is 26.4 Å². The van der Waals surface area contributed by atoms with Crippen molar-refractivity contribution in [2.24, 2.45) is 0 Å². The van der Waals surface area contributed by atoms with Crippen LogP contribution in [-0.2, 0) is 13.0 Å². The third kappa shape index (κ3) is 3.15. The molecule has 0 unspecified atom stereocenters. The molecule has 25 heavy (non-hydrogen) atoms. The number of carboxylic acid groups (broad SMARTS) is 1. The van der Waals surface area contributed by atoms with Crippen molar-refractivity contribution >= 4 is 17.6 Å². The fourth-order valence-corrected chi connectivity index (χ4v) is 2.98. The summed E-state index contributed by atoms with van der Waals surface area (Å²) in [4.78, 5) is 24.0. The van der Waals surface area contributed by atoms with Gasteiger partial charge in [0.25, 0.3) is 5.91 Å². The standard InChI is InChI=1S/C17H19N3O5/c1-24-14-8-10(17(22)23)7-12(15(14)25-2)19-16(21)11-9-18-20-6-4-3-5-13(11)20/h7-9H,3-6H2,1-2H3,(H,19,21)(H,22,23). The molecule has 0 saturated heterocycles. The zero-order valence-electron chi connectivity index (χ0n) is 14.0. The lowest BCUT2D eigenvalue weighted by Crippen LogP contribution is -2.18. The quantitative estimate of drug-likeness (QED) is 0.861. The second-order valence-corrected chi connectivity index (χ2v) is 5.70. The molecule has 1 amide bonds. The summed E-state index contributed by atoms with van der Waals surface area (Å²) in [6, 6.07) is 2.69. The number of nitrogens with zero attached hydrogens (tertiary/aromatic N) is 2. The number of carbonyl (C=O) groups is 2. The van der Waals surface area contributed by atoms with Crippen LogP contribution < -0.4 is 14.8 Å². The van der Waals surface area contributed by atoms with Gasteiger partial charge in [-0.2, -0.15) is 5.10 Å². The Morgan fingerprint density at radius 3 is 2.72 bits per heavy atom. The first-order valence-corrected chi connectivity index (χ1v) is 7.90. The van der Waals surface area contributed by atoms with E-state index >= 15 is 0 Å². The van der Waals surface area contributed by atoms with E-state index in [0.717, 1.165) is 31.5 Å². The predicted molar refractivity (Wildman–Crippen MR) is 89.6 cm³/mol. The molecule has 8 nitrogen and oxygen atoms in total. The summed E-state index contributed by atoms with van der Waals surface area (Å²) >= 11 is 0. The molecule has 0 atom stereocenters. The number of amides is 1. The van der Waals surface area contributed by atoms with Crippen molar-refractivity contribution in [3.63, 3.8) is 0 Å². The second-order valence-electron chi connectivity index (χ2n) is 5.70. The van der Waals surface area contributed by atoms with Crippen molar-refractivity contribution in [2.75, 3.05) is 19.5 Å². The topological polar surface area (TPSA) is 103 Å². The van der Waals surface area contributed by atoms with Crippen LogP contribution in [0.15, 0.2) is 18.3 Å². The average molecular weight is 345 g/mol. The molecular formula is C17H19N3O5. The number of benzene rings is 1. The second kappa shape index (κ2) is 6.84. The van der Waals surface area contributed by atoms with Crippen LogP contribution in [0.1, 0.15) is 39.3 Å². The smallest absolute Gasteiger partial charge is 0.335 e. The maximum absolute atomic E-state index is 12.7. The summed E-state index contributed by atoms with van der Waals surface area (Å²) in [6.07, 6.45) is 4.39. The minimum Gasteiger partial charge on any atom is -0.493 e. The molecule has 8 heteroatoms. The van der Waals surface area contributed by atoms with Gasteiger partial charge in [0.1, 0.15) is 0 Å². The van der Waals surface area contributed by atoms with Gasteiger partial charge >= 0.3 is 5.97 Å². The fourth-order valence-electron chi connectivity index (χ4n) is 2.98. The van der Waals surface area contributed by atoms with E-state index in [1.807, 2.05) is 4.68 Å². The van der Waals surface area contributed by atoms with Crippen LogP contribution in [0.2, 0.25) is 0 Å². The number of fused-ring (bicyclic) bond motifs is 1. The highest BCUT2D eigenvalue weighted by atomic mass is 16.5. The lowest BCUT2D eigenvalue weighted by atomic mass is 10.1. The molecule has 2 aromatic rings. The van der Waals surface area contributed by atoms with Gasteiger partial charge in [-0.25, -0.2) is 4.79 Å². The van der Waals surface area contributed by atoms with Gasteiger partial charge in [-0.1, -0.05) is 0 Å². The highest BCUT2D eigenvalue weighted by molar-refractivity contribution is 6.06. The first-order valence-electron chi connectivity index (χ1n) is 7.90. The Morgan fingerprint density at radius 1 is 1.24 bits per heavy atom. The van der Waals surface area contributed by atoms with Crippen LogP contribution >= 0.6 is 0 Å². The molecule has 1 aromatic heterocycles. The number of aromatic nitrogens is 2. The van der Waals surface area contributed by atoms with Crippen molar-refractivity contribution in [1.29, 1.82) is 0 Å². The summed E-state index contributed by atoms with van der Waals surface area (Å²) in [7, 11) is 2.83. The largest absolute Gasteiger partial charge is 0.493 e. The van der Waals surface area contributed by atoms with Crippen LogP contribution in [0.25, 0.3) is 0 Å². The highest BCUT2D eigenvalue weighted by Crippen LogP contribution is 2.37. The van der Waals surface area contributed by atoms with Gasteiger partial charge in [-0.15, -0.1) is 0 Å². The van der Waals surface area contributed by atoms with E-state index in [9.17, 15) is 14.7 Å². The van der Waals surface area contributed by atoms with Gasteiger partial charge in [0.2, 0.25) is 0 Å². The predicted octanol–water partition coefficient (Wildman–Crippen LogP) is 2.19. The Kier molecular flexibility index (Phi) is 4.60. The van der Waals surface area contributed by atoms with E-state index < -0.39 is 5.97 Å². The van der Waals surface area contributed by atoms with Crippen LogP contribution in [0, 0.1) is 0 Å². The van der Waals surface area contributed by atoms with Crippen molar-refractivity contribution in [3.8, 4) is 11.5 Å². The van der Waals surface area contributed by atoms with Gasteiger partial charge < -0.3 is 19.9 Å². The Balaban J connectivity index is 1.96. The molecule has 2 N–H and O–H groups in total. The summed E-state index contributed by atoms with van der Waals surface area (Å²) in [6.45, 7) is 0.800. The van der Waals surface area contributed by atoms with Crippen LogP contribution in [0.4, 0.5) is 5.69 Å². The van der Waals surface area contributed by atoms with Gasteiger partial charge in [0, 0.05) is 6.54 Å². The summed E-state index contributed by atoms with van der Waals surface area (Å²) in [5.41, 5.74) is 1.61. The third-order valence-electron chi connectivity index (χ3n) is 4.20. The van der Waals surface area contributed by atoms with E-state index in [1.54, 1.807) is 6.20 Å². The molecule has 132 valence electrons. The third-order valence-corrected chi connectivity index (χ3v) is 4.20. The molecule has 3 rings (SSSR count). The lowest BCUT2D eigenvalue weighted by molar-refractivity contribution is 0.0696. The van der Waals surface area contributed by atoms with Crippen LogP contribution in [0.5, 0.6) is 11.5 Å². The van der Waals surface area contributed by atoms with E-state index in [2.05, 4.69) is 10.4 Å². The number of anilines is 1. The number of aryl methyl sites for hydroxylation is 1. The SMILES string of the molecule is COc1cc(C(=O)O)cc(NC(=O)c2cnn3c2CCCC3)c1OC. The maximum atomic E-state index is 12.7. The molecule has 0 aliphatic carbocycles. The number of rotatable bonds is 5. The number of nitrogens with one attached hydrogen (secondary N) is 1. The van der Waals surface area contributed by atoms with E-state index in [4.69, 9.17) is 9.47 Å². The minimum absolute atomic E-state index is 0.00927. The van der Waals surface area contributed by atoms with Crippen molar-refractivity contribution < 1.29 is 24.2 Å².